The third kappa shape index (κ3) is 2.25. The number of amides is 1. The van der Waals surface area contributed by atoms with Crippen LogP contribution in [0.2, 0.25) is 5.02 Å². The molecule has 2 atom stereocenters. The number of fused-ring (bicyclic) bond motifs is 1. The van der Waals surface area contributed by atoms with Gasteiger partial charge >= 0.3 is 0 Å². The Balaban J connectivity index is 1.82. The van der Waals surface area contributed by atoms with Gasteiger partial charge in [-0.2, -0.15) is 0 Å². The number of aliphatic hydroxyl groups is 1. The van der Waals surface area contributed by atoms with E-state index in [9.17, 15) is 9.90 Å². The molecule has 3 N–H and O–H groups in total. The van der Waals surface area contributed by atoms with Gasteiger partial charge < -0.3 is 15.4 Å². The lowest BCUT2D eigenvalue weighted by Gasteiger charge is -2.17. The van der Waals surface area contributed by atoms with Crippen molar-refractivity contribution in [3.63, 3.8) is 0 Å². The molecule has 0 saturated heterocycles. The van der Waals surface area contributed by atoms with E-state index < -0.39 is 6.10 Å². The van der Waals surface area contributed by atoms with Gasteiger partial charge in [0.2, 0.25) is 0 Å². The molecular weight excluding hydrogens is 264 g/mol. The first kappa shape index (κ1) is 12.3. The monoisotopic (exact) mass is 276 g/mol. The van der Waals surface area contributed by atoms with Gasteiger partial charge in [-0.1, -0.05) is 35.9 Å². The predicted octanol–water partition coefficient (Wildman–Crippen LogP) is 2.06. The van der Waals surface area contributed by atoms with Gasteiger partial charge in [-0.05, 0) is 17.2 Å². The van der Waals surface area contributed by atoms with E-state index in [-0.39, 0.29) is 11.9 Å². The number of hydrogen-bond acceptors (Lipinski definition) is 2. The molecule has 19 heavy (non-hydrogen) atoms. The highest BCUT2D eigenvalue weighted by Gasteiger charge is 2.32. The third-order valence-electron chi connectivity index (χ3n) is 3.38. The second-order valence-corrected chi connectivity index (χ2v) is 5.09. The Morgan fingerprint density at radius 2 is 2.21 bits per heavy atom. The van der Waals surface area contributed by atoms with Crippen LogP contribution < -0.4 is 5.32 Å². The molecular formula is C14H13ClN2O2. The van der Waals surface area contributed by atoms with Gasteiger partial charge in [-0.25, -0.2) is 0 Å². The zero-order valence-electron chi connectivity index (χ0n) is 10.1. The number of carbonyl (C=O) groups excluding carboxylic acids is 1. The third-order valence-corrected chi connectivity index (χ3v) is 3.60. The van der Waals surface area contributed by atoms with E-state index in [0.29, 0.717) is 17.1 Å². The number of H-pyrrole nitrogens is 1. The summed E-state index contributed by atoms with van der Waals surface area (Å²) >= 11 is 5.77. The first-order valence-corrected chi connectivity index (χ1v) is 6.43. The number of carbonyl (C=O) groups is 1. The van der Waals surface area contributed by atoms with Crippen LogP contribution in [0.1, 0.15) is 27.7 Å². The minimum Gasteiger partial charge on any atom is -0.390 e. The van der Waals surface area contributed by atoms with Crippen molar-refractivity contribution in [3.8, 4) is 0 Å². The van der Waals surface area contributed by atoms with Crippen molar-refractivity contribution < 1.29 is 9.90 Å². The predicted molar refractivity (Wildman–Crippen MR) is 72.2 cm³/mol. The first-order chi connectivity index (χ1) is 9.15. The van der Waals surface area contributed by atoms with Crippen LogP contribution in [-0.4, -0.2) is 22.1 Å². The summed E-state index contributed by atoms with van der Waals surface area (Å²) < 4.78 is 0. The number of aromatic nitrogens is 1. The largest absolute Gasteiger partial charge is 0.390 e. The molecule has 0 saturated carbocycles. The van der Waals surface area contributed by atoms with E-state index in [1.807, 2.05) is 24.3 Å². The van der Waals surface area contributed by atoms with E-state index in [1.165, 1.54) is 0 Å². The number of benzene rings is 1. The lowest BCUT2D eigenvalue weighted by molar-refractivity contribution is 0.0854. The Bertz CT molecular complexity index is 623. The topological polar surface area (TPSA) is 65.1 Å². The summed E-state index contributed by atoms with van der Waals surface area (Å²) in [5, 5.41) is 13.4. The van der Waals surface area contributed by atoms with Crippen molar-refractivity contribution in [2.24, 2.45) is 0 Å². The van der Waals surface area contributed by atoms with E-state index >= 15 is 0 Å². The fourth-order valence-electron chi connectivity index (χ4n) is 2.47. The summed E-state index contributed by atoms with van der Waals surface area (Å²) in [4.78, 5) is 14.8. The summed E-state index contributed by atoms with van der Waals surface area (Å²) in [6.07, 6.45) is 1.52. The van der Waals surface area contributed by atoms with Gasteiger partial charge in [-0.3, -0.25) is 4.79 Å². The van der Waals surface area contributed by atoms with Gasteiger partial charge in [0, 0.05) is 12.6 Å². The quantitative estimate of drug-likeness (QED) is 0.786. The van der Waals surface area contributed by atoms with Crippen LogP contribution in [0.15, 0.2) is 36.5 Å². The van der Waals surface area contributed by atoms with Crippen LogP contribution >= 0.6 is 11.6 Å². The summed E-state index contributed by atoms with van der Waals surface area (Å²) in [6, 6.07) is 8.92. The summed E-state index contributed by atoms with van der Waals surface area (Å²) in [5.41, 5.74) is 2.44. The highest BCUT2D eigenvalue weighted by atomic mass is 35.5. The molecule has 1 heterocycles. The average molecular weight is 277 g/mol. The fourth-order valence-corrected chi connectivity index (χ4v) is 2.63. The molecule has 2 unspecified atom stereocenters. The Labute approximate surface area is 115 Å². The van der Waals surface area contributed by atoms with Crippen LogP contribution in [-0.2, 0) is 6.42 Å². The Hall–Kier alpha value is -1.78. The summed E-state index contributed by atoms with van der Waals surface area (Å²) in [7, 11) is 0. The van der Waals surface area contributed by atoms with Crippen LogP contribution in [0.5, 0.6) is 0 Å². The van der Waals surface area contributed by atoms with E-state index in [2.05, 4.69) is 10.3 Å². The second-order valence-electron chi connectivity index (χ2n) is 4.65. The van der Waals surface area contributed by atoms with Gasteiger partial charge in [0.25, 0.3) is 5.91 Å². The second kappa shape index (κ2) is 4.72. The maximum absolute atomic E-state index is 12.1. The number of hydrogen-bond donors (Lipinski definition) is 3. The number of rotatable bonds is 2. The molecule has 4 nitrogen and oxygen atoms in total. The number of aromatic amines is 1. The first-order valence-electron chi connectivity index (χ1n) is 6.06. The van der Waals surface area contributed by atoms with Crippen LogP contribution in [0.3, 0.4) is 0 Å². The number of halogens is 1. The molecule has 0 spiro atoms. The molecule has 1 aromatic heterocycles. The lowest BCUT2D eigenvalue weighted by Crippen LogP contribution is -2.34. The van der Waals surface area contributed by atoms with Crippen LogP contribution in [0.25, 0.3) is 0 Å². The molecule has 0 radical (unpaired) electrons. The Morgan fingerprint density at radius 3 is 2.95 bits per heavy atom. The summed E-state index contributed by atoms with van der Waals surface area (Å²) in [5.74, 6) is -0.271. The van der Waals surface area contributed by atoms with Gasteiger partial charge in [0.1, 0.15) is 5.69 Å². The molecule has 0 fully saturated rings. The van der Waals surface area contributed by atoms with Gasteiger partial charge in [-0.15, -0.1) is 0 Å². The highest BCUT2D eigenvalue weighted by molar-refractivity contribution is 6.30. The normalized spacial score (nSPS) is 21.2. The minimum atomic E-state index is -0.591. The van der Waals surface area contributed by atoms with Gasteiger partial charge in [0.15, 0.2) is 0 Å². The molecule has 0 aliphatic heterocycles. The van der Waals surface area contributed by atoms with Gasteiger partial charge in [0.05, 0.1) is 17.2 Å². The molecule has 1 aliphatic rings. The minimum absolute atomic E-state index is 0.271. The number of aliphatic hydroxyl groups excluding tert-OH is 1. The van der Waals surface area contributed by atoms with Crippen molar-refractivity contribution in [2.45, 2.75) is 18.6 Å². The molecule has 0 bridgehead atoms. The summed E-state index contributed by atoms with van der Waals surface area (Å²) in [6.45, 7) is 0. The van der Waals surface area contributed by atoms with Crippen LogP contribution in [0.4, 0.5) is 0 Å². The Kier molecular flexibility index (Phi) is 3.05. The molecule has 1 aliphatic carbocycles. The zero-order valence-corrected chi connectivity index (χ0v) is 10.8. The molecule has 2 aromatic rings. The van der Waals surface area contributed by atoms with Crippen molar-refractivity contribution in [1.82, 2.24) is 10.3 Å². The van der Waals surface area contributed by atoms with Crippen molar-refractivity contribution in [2.75, 3.05) is 0 Å². The van der Waals surface area contributed by atoms with Crippen molar-refractivity contribution in [1.29, 1.82) is 0 Å². The molecule has 98 valence electrons. The highest BCUT2D eigenvalue weighted by Crippen LogP contribution is 2.31. The van der Waals surface area contributed by atoms with Crippen molar-refractivity contribution in [3.05, 3.63) is 58.4 Å². The van der Waals surface area contributed by atoms with E-state index in [0.717, 1.165) is 11.1 Å². The van der Waals surface area contributed by atoms with E-state index in [1.54, 1.807) is 12.3 Å². The standard InChI is InChI=1S/C14H13ClN2O2/c15-9-6-11(16-7-9)14(19)17-13-10-4-2-1-3-8(10)5-12(13)18/h1-4,6-7,12-13,16,18H,5H2,(H,17,19). The average Bonchev–Trinajstić information content (AvgIpc) is 2.95. The molecule has 1 aromatic carbocycles. The van der Waals surface area contributed by atoms with Crippen molar-refractivity contribution >= 4 is 17.5 Å². The SMILES string of the molecule is O=C(NC1c2ccccc2CC1O)c1cc(Cl)c[nH]1. The molecule has 3 rings (SSSR count). The van der Waals surface area contributed by atoms with Crippen LogP contribution in [0, 0.1) is 0 Å². The van der Waals surface area contributed by atoms with E-state index in [4.69, 9.17) is 11.6 Å². The zero-order chi connectivity index (χ0) is 13.4. The Morgan fingerprint density at radius 1 is 1.42 bits per heavy atom. The maximum Gasteiger partial charge on any atom is 0.268 e. The smallest absolute Gasteiger partial charge is 0.268 e. The molecule has 5 heteroatoms. The molecule has 1 amide bonds. The number of nitrogens with one attached hydrogen (secondary N) is 2. The fraction of sp³-hybridized carbons (Fsp3) is 0.214. The lowest BCUT2D eigenvalue weighted by atomic mass is 10.1. The maximum atomic E-state index is 12.1.